The highest BCUT2D eigenvalue weighted by atomic mass is 16.2. The Kier molecular flexibility index (Phi) is 4.36. The summed E-state index contributed by atoms with van der Waals surface area (Å²) in [6.45, 7) is 4.43. The van der Waals surface area contributed by atoms with E-state index in [1.165, 1.54) is 19.3 Å². The highest BCUT2D eigenvalue weighted by Gasteiger charge is 2.27. The van der Waals surface area contributed by atoms with Crippen molar-refractivity contribution in [2.75, 3.05) is 32.7 Å². The van der Waals surface area contributed by atoms with Crippen LogP contribution >= 0.6 is 0 Å². The average Bonchev–Trinajstić information content (AvgIpc) is 2.77. The average molecular weight is 239 g/mol. The number of likely N-dealkylation sites (tertiary alicyclic amines) is 1. The van der Waals surface area contributed by atoms with Crippen LogP contribution in [0.2, 0.25) is 0 Å². The first kappa shape index (κ1) is 12.4. The van der Waals surface area contributed by atoms with Crippen molar-refractivity contribution in [1.82, 2.24) is 15.5 Å². The highest BCUT2D eigenvalue weighted by Crippen LogP contribution is 2.09. The van der Waals surface area contributed by atoms with Crippen molar-refractivity contribution in [3.63, 3.8) is 0 Å². The van der Waals surface area contributed by atoms with Crippen LogP contribution in [-0.2, 0) is 9.59 Å². The van der Waals surface area contributed by atoms with E-state index in [1.807, 2.05) is 0 Å². The third-order valence-electron chi connectivity index (χ3n) is 3.52. The van der Waals surface area contributed by atoms with E-state index in [9.17, 15) is 9.59 Å². The van der Waals surface area contributed by atoms with Crippen LogP contribution in [0.25, 0.3) is 0 Å². The Labute approximate surface area is 102 Å². The number of nitrogens with one attached hydrogen (secondary N) is 2. The first-order valence-electron chi connectivity index (χ1n) is 6.52. The van der Waals surface area contributed by atoms with Gasteiger partial charge in [-0.25, -0.2) is 0 Å². The summed E-state index contributed by atoms with van der Waals surface area (Å²) in [6, 6.07) is 0. The van der Waals surface area contributed by atoms with Gasteiger partial charge in [0.1, 0.15) is 0 Å². The maximum atomic E-state index is 11.7. The van der Waals surface area contributed by atoms with E-state index < -0.39 is 0 Å². The summed E-state index contributed by atoms with van der Waals surface area (Å²) in [5.41, 5.74) is 0. The van der Waals surface area contributed by atoms with E-state index in [0.29, 0.717) is 19.5 Å². The molecule has 0 aliphatic carbocycles. The zero-order chi connectivity index (χ0) is 12.1. The van der Waals surface area contributed by atoms with Gasteiger partial charge in [0, 0.05) is 26.1 Å². The number of hydrogen-bond donors (Lipinski definition) is 2. The van der Waals surface area contributed by atoms with E-state index in [0.717, 1.165) is 19.6 Å². The van der Waals surface area contributed by atoms with Crippen LogP contribution in [0.5, 0.6) is 0 Å². The van der Waals surface area contributed by atoms with Crippen molar-refractivity contribution in [3.05, 3.63) is 0 Å². The lowest BCUT2D eigenvalue weighted by Crippen LogP contribution is -2.40. The number of nitrogens with zero attached hydrogens (tertiary/aromatic N) is 1. The zero-order valence-corrected chi connectivity index (χ0v) is 10.2. The summed E-state index contributed by atoms with van der Waals surface area (Å²) in [6.07, 6.45) is 4.22. The molecule has 0 radical (unpaired) electrons. The molecule has 0 aromatic rings. The van der Waals surface area contributed by atoms with Gasteiger partial charge >= 0.3 is 0 Å². The van der Waals surface area contributed by atoms with Gasteiger partial charge in [0.25, 0.3) is 0 Å². The lowest BCUT2D eigenvalue weighted by atomic mass is 10.1. The van der Waals surface area contributed by atoms with Gasteiger partial charge in [-0.3, -0.25) is 9.59 Å². The SMILES string of the molecule is O=C1CC(C(=O)NCCN2CCCCC2)CN1. The Morgan fingerprint density at radius 3 is 2.76 bits per heavy atom. The molecule has 1 atom stereocenters. The van der Waals surface area contributed by atoms with Gasteiger partial charge in [0.2, 0.25) is 11.8 Å². The van der Waals surface area contributed by atoms with Crippen molar-refractivity contribution in [2.45, 2.75) is 25.7 Å². The minimum absolute atomic E-state index is 0.0128. The molecule has 17 heavy (non-hydrogen) atoms. The molecule has 0 bridgehead atoms. The maximum Gasteiger partial charge on any atom is 0.225 e. The van der Waals surface area contributed by atoms with Crippen molar-refractivity contribution in [3.8, 4) is 0 Å². The van der Waals surface area contributed by atoms with Crippen LogP contribution in [0.1, 0.15) is 25.7 Å². The van der Waals surface area contributed by atoms with Gasteiger partial charge in [-0.15, -0.1) is 0 Å². The third-order valence-corrected chi connectivity index (χ3v) is 3.52. The van der Waals surface area contributed by atoms with E-state index in [4.69, 9.17) is 0 Å². The van der Waals surface area contributed by atoms with Crippen LogP contribution in [0.15, 0.2) is 0 Å². The molecule has 2 saturated heterocycles. The summed E-state index contributed by atoms with van der Waals surface area (Å²) < 4.78 is 0. The molecule has 96 valence electrons. The fourth-order valence-electron chi connectivity index (χ4n) is 2.46. The van der Waals surface area contributed by atoms with E-state index in [1.54, 1.807) is 0 Å². The molecule has 5 nitrogen and oxygen atoms in total. The number of carbonyl (C=O) groups excluding carboxylic acids is 2. The molecule has 2 rings (SSSR count). The van der Waals surface area contributed by atoms with Crippen LogP contribution in [-0.4, -0.2) is 49.4 Å². The molecule has 2 N–H and O–H groups in total. The molecule has 2 aliphatic heterocycles. The van der Waals surface area contributed by atoms with Gasteiger partial charge in [-0.1, -0.05) is 6.42 Å². The Bertz CT molecular complexity index is 287. The van der Waals surface area contributed by atoms with Gasteiger partial charge in [0.15, 0.2) is 0 Å². The number of carbonyl (C=O) groups is 2. The van der Waals surface area contributed by atoms with Gasteiger partial charge in [0.05, 0.1) is 5.92 Å². The molecule has 2 aliphatic rings. The fourth-order valence-corrected chi connectivity index (χ4v) is 2.46. The van der Waals surface area contributed by atoms with Gasteiger partial charge in [-0.2, -0.15) is 0 Å². The monoisotopic (exact) mass is 239 g/mol. The minimum atomic E-state index is -0.163. The Morgan fingerprint density at radius 2 is 2.12 bits per heavy atom. The lowest BCUT2D eigenvalue weighted by molar-refractivity contribution is -0.126. The Morgan fingerprint density at radius 1 is 1.35 bits per heavy atom. The molecule has 2 heterocycles. The van der Waals surface area contributed by atoms with Gasteiger partial charge < -0.3 is 15.5 Å². The number of piperidine rings is 1. The number of amides is 2. The van der Waals surface area contributed by atoms with Crippen LogP contribution in [0, 0.1) is 5.92 Å². The quantitative estimate of drug-likeness (QED) is 0.709. The third kappa shape index (κ3) is 3.70. The fraction of sp³-hybridized carbons (Fsp3) is 0.833. The largest absolute Gasteiger partial charge is 0.355 e. The zero-order valence-electron chi connectivity index (χ0n) is 10.2. The van der Waals surface area contributed by atoms with E-state index in [-0.39, 0.29) is 17.7 Å². The summed E-state index contributed by atoms with van der Waals surface area (Å²) in [7, 11) is 0. The van der Waals surface area contributed by atoms with E-state index >= 15 is 0 Å². The van der Waals surface area contributed by atoms with Crippen molar-refractivity contribution < 1.29 is 9.59 Å². The summed E-state index contributed by atoms with van der Waals surface area (Å²) in [5.74, 6) is -0.162. The van der Waals surface area contributed by atoms with Crippen molar-refractivity contribution >= 4 is 11.8 Å². The molecule has 0 aromatic carbocycles. The maximum absolute atomic E-state index is 11.7. The first-order valence-corrected chi connectivity index (χ1v) is 6.52. The molecule has 2 amide bonds. The summed E-state index contributed by atoms with van der Waals surface area (Å²) >= 11 is 0. The predicted molar refractivity (Wildman–Crippen MR) is 64.4 cm³/mol. The predicted octanol–water partition coefficient (Wildman–Crippen LogP) is -0.275. The smallest absolute Gasteiger partial charge is 0.225 e. The van der Waals surface area contributed by atoms with Crippen molar-refractivity contribution in [2.24, 2.45) is 5.92 Å². The van der Waals surface area contributed by atoms with Crippen LogP contribution in [0.3, 0.4) is 0 Å². The molecule has 2 fully saturated rings. The lowest BCUT2D eigenvalue weighted by Gasteiger charge is -2.26. The summed E-state index contributed by atoms with van der Waals surface area (Å²) in [4.78, 5) is 25.1. The van der Waals surface area contributed by atoms with Crippen LogP contribution in [0.4, 0.5) is 0 Å². The van der Waals surface area contributed by atoms with Crippen LogP contribution < -0.4 is 10.6 Å². The Balaban J connectivity index is 1.61. The van der Waals surface area contributed by atoms with E-state index in [2.05, 4.69) is 15.5 Å². The second-order valence-corrected chi connectivity index (χ2v) is 4.90. The second kappa shape index (κ2) is 6.00. The number of hydrogen-bond acceptors (Lipinski definition) is 3. The summed E-state index contributed by atoms with van der Waals surface area (Å²) in [5, 5.41) is 5.60. The number of rotatable bonds is 4. The standard InChI is InChI=1S/C12H21N3O2/c16-11-8-10(9-14-11)12(17)13-4-7-15-5-2-1-3-6-15/h10H,1-9H2,(H,13,17)(H,14,16). The first-order chi connectivity index (χ1) is 8.25. The molecular weight excluding hydrogens is 218 g/mol. The molecule has 0 saturated carbocycles. The molecule has 0 spiro atoms. The molecule has 5 heteroatoms. The molecule has 0 aromatic heterocycles. The topological polar surface area (TPSA) is 61.4 Å². The molecular formula is C12H21N3O2. The van der Waals surface area contributed by atoms with Gasteiger partial charge in [-0.05, 0) is 25.9 Å². The molecule has 1 unspecified atom stereocenters. The van der Waals surface area contributed by atoms with Crippen molar-refractivity contribution in [1.29, 1.82) is 0 Å². The highest BCUT2D eigenvalue weighted by molar-refractivity contribution is 5.89. The normalized spacial score (nSPS) is 25.6. The minimum Gasteiger partial charge on any atom is -0.355 e. The second-order valence-electron chi connectivity index (χ2n) is 4.90. The Hall–Kier alpha value is -1.10.